The first-order valence-electron chi connectivity index (χ1n) is 9.91. The van der Waals surface area contributed by atoms with Crippen molar-refractivity contribution in [2.45, 2.75) is 25.6 Å². The van der Waals surface area contributed by atoms with Gasteiger partial charge in [0.05, 0.1) is 0 Å². The fourth-order valence-corrected chi connectivity index (χ4v) is 3.57. The minimum absolute atomic E-state index is 0.00536. The summed E-state index contributed by atoms with van der Waals surface area (Å²) in [6.45, 7) is 0.399. The van der Waals surface area contributed by atoms with Crippen molar-refractivity contribution in [1.29, 1.82) is 0 Å². The highest BCUT2D eigenvalue weighted by Crippen LogP contribution is 2.09. The van der Waals surface area contributed by atoms with Crippen LogP contribution in [0.2, 0.25) is 0 Å². The number of nitrogens with zero attached hydrogens (tertiary/aromatic N) is 4. The second kappa shape index (κ2) is 20.2. The largest absolute Gasteiger partial charge is 0.312 e. The molecular weight excluding hydrogens is 544 g/mol. The topological polar surface area (TPSA) is 227 Å². The maximum absolute atomic E-state index is 10.6. The van der Waals surface area contributed by atoms with Gasteiger partial charge in [-0.25, -0.2) is 0 Å². The van der Waals surface area contributed by atoms with Gasteiger partial charge in [-0.15, -0.1) is 40.5 Å². The molecule has 17 nitrogen and oxygen atoms in total. The van der Waals surface area contributed by atoms with E-state index in [4.69, 9.17) is 0 Å². The number of carbonyl (C=O) groups is 1. The van der Waals surface area contributed by atoms with Crippen LogP contribution >= 0.6 is 23.5 Å². The molecule has 37 heavy (non-hydrogen) atoms. The van der Waals surface area contributed by atoms with E-state index in [1.807, 2.05) is 30.3 Å². The molecule has 1 aromatic carbocycles. The second-order valence-corrected chi connectivity index (χ2v) is 8.35. The Bertz CT molecular complexity index is 943. The van der Waals surface area contributed by atoms with Gasteiger partial charge < -0.3 is 19.4 Å². The Balaban J connectivity index is 0.000000712. The molecule has 2 unspecified atom stereocenters. The van der Waals surface area contributed by atoms with E-state index in [0.29, 0.717) is 12.2 Å². The van der Waals surface area contributed by atoms with Gasteiger partial charge in [0.2, 0.25) is 0 Å². The highest BCUT2D eigenvalue weighted by Gasteiger charge is 2.16. The lowest BCUT2D eigenvalue weighted by atomic mass is 10.2. The zero-order chi connectivity index (χ0) is 28.1. The summed E-state index contributed by atoms with van der Waals surface area (Å²) in [4.78, 5) is 67.4. The van der Waals surface area contributed by atoms with Crippen LogP contribution in [0.1, 0.15) is 18.9 Å². The van der Waals surface area contributed by atoms with E-state index < -0.39 is 45.8 Å². The maximum Gasteiger partial charge on any atom is 0.294 e. The number of ketones is 1. The number of benzene rings is 1. The van der Waals surface area contributed by atoms with Crippen LogP contribution in [0.4, 0.5) is 0 Å². The third-order valence-corrected chi connectivity index (χ3v) is 5.30. The lowest BCUT2D eigenvalue weighted by Crippen LogP contribution is -2.27. The molecule has 0 aliphatic heterocycles. The predicted molar refractivity (Wildman–Crippen MR) is 128 cm³/mol. The first kappa shape index (κ1) is 33.0. The zero-order valence-electron chi connectivity index (χ0n) is 19.2. The summed E-state index contributed by atoms with van der Waals surface area (Å²) in [6, 6.07) is 9.15. The molecule has 0 saturated carbocycles. The van der Waals surface area contributed by atoms with Gasteiger partial charge >= 0.3 is 0 Å². The van der Waals surface area contributed by atoms with E-state index >= 15 is 0 Å². The molecule has 204 valence electrons. The van der Waals surface area contributed by atoms with E-state index in [1.165, 1.54) is 18.7 Å². The lowest BCUT2D eigenvalue weighted by molar-refractivity contribution is -0.788. The molecular formula is C18H22N4O13S2. The van der Waals surface area contributed by atoms with Crippen molar-refractivity contribution >= 4 is 29.3 Å². The van der Waals surface area contributed by atoms with E-state index in [0.717, 1.165) is 17.3 Å². The second-order valence-electron chi connectivity index (χ2n) is 6.37. The average molecular weight is 567 g/mol. The van der Waals surface area contributed by atoms with Crippen LogP contribution in [0.15, 0.2) is 30.3 Å². The van der Waals surface area contributed by atoms with Crippen LogP contribution in [0.25, 0.3) is 0 Å². The van der Waals surface area contributed by atoms with Gasteiger partial charge in [-0.05, 0) is 24.3 Å². The van der Waals surface area contributed by atoms with Crippen molar-refractivity contribution in [3.63, 3.8) is 0 Å². The Morgan fingerprint density at radius 2 is 1.38 bits per heavy atom. The van der Waals surface area contributed by atoms with Gasteiger partial charge in [0.1, 0.15) is 31.2 Å². The molecule has 0 spiro atoms. The summed E-state index contributed by atoms with van der Waals surface area (Å²) in [6.07, 6.45) is -1.73. The Kier molecular flexibility index (Phi) is 18.0. The van der Waals surface area contributed by atoms with Gasteiger partial charge in [-0.2, -0.15) is 11.8 Å². The third kappa shape index (κ3) is 22.2. The summed E-state index contributed by atoms with van der Waals surface area (Å²) >= 11 is 2.29. The minimum atomic E-state index is -1.05. The van der Waals surface area contributed by atoms with Crippen molar-refractivity contribution in [3.8, 4) is 11.2 Å². The number of carbonyl (C=O) groups excluding carboxylic acids is 1. The quantitative estimate of drug-likeness (QED) is 0.114. The summed E-state index contributed by atoms with van der Waals surface area (Å²) < 4.78 is 0. The van der Waals surface area contributed by atoms with E-state index in [2.05, 4.69) is 30.5 Å². The number of Topliss-reactive ketones (excluding diaryl/α,β-unsaturated/α-hetero) is 1. The van der Waals surface area contributed by atoms with Gasteiger partial charge in [0.15, 0.2) is 0 Å². The summed E-state index contributed by atoms with van der Waals surface area (Å²) in [5, 5.41) is 38.9. The highest BCUT2D eigenvalue weighted by molar-refractivity contribution is 8.03. The molecule has 0 radical (unpaired) electrons. The van der Waals surface area contributed by atoms with Crippen LogP contribution in [0.3, 0.4) is 0 Å². The van der Waals surface area contributed by atoms with Gasteiger partial charge in [0.25, 0.3) is 20.3 Å². The molecule has 0 heterocycles. The molecule has 0 amide bonds. The molecule has 19 heteroatoms. The molecule has 0 saturated heterocycles. The van der Waals surface area contributed by atoms with Crippen LogP contribution in [0.5, 0.6) is 0 Å². The van der Waals surface area contributed by atoms with Gasteiger partial charge in [0, 0.05) is 29.2 Å². The number of rotatable bonds is 17. The van der Waals surface area contributed by atoms with Crippen LogP contribution in [-0.4, -0.2) is 68.8 Å². The maximum atomic E-state index is 10.6. The predicted octanol–water partition coefficient (Wildman–Crippen LogP) is 2.00. The van der Waals surface area contributed by atoms with Crippen LogP contribution in [-0.2, 0) is 24.1 Å². The fraction of sp³-hybridized carbons (Fsp3) is 0.500. The summed E-state index contributed by atoms with van der Waals surface area (Å²) in [5.41, 5.74) is 0.799. The summed E-state index contributed by atoms with van der Waals surface area (Å²) in [7, 11) is 0. The number of hydrogen-bond acceptors (Lipinski definition) is 15. The van der Waals surface area contributed by atoms with Crippen molar-refractivity contribution < 1.29 is 44.5 Å². The van der Waals surface area contributed by atoms with Crippen molar-refractivity contribution in [3.05, 3.63) is 76.4 Å². The Hall–Kier alpha value is -4.05. The Labute approximate surface area is 217 Å². The van der Waals surface area contributed by atoms with Gasteiger partial charge in [-0.3, -0.25) is 4.79 Å². The molecule has 1 aromatic rings. The Morgan fingerprint density at radius 1 is 0.865 bits per heavy atom. The molecule has 2 atom stereocenters. The number of thioether (sulfide) groups is 2. The molecule has 1 rings (SSSR count). The molecule has 0 bridgehead atoms. The monoisotopic (exact) mass is 566 g/mol. The Morgan fingerprint density at radius 3 is 1.84 bits per heavy atom. The van der Waals surface area contributed by atoms with Crippen LogP contribution in [0, 0.1) is 51.6 Å². The number of hydrogen-bond donors (Lipinski definition) is 0. The molecule has 0 N–H and O–H groups in total. The first-order chi connectivity index (χ1) is 17.5. The van der Waals surface area contributed by atoms with E-state index in [-0.39, 0.29) is 17.3 Å². The minimum Gasteiger partial charge on any atom is -0.312 e. The SMILES string of the molecule is CC(=O)CCSCC(CO[N+](=O)[O-])O[N+](=O)[O-].O=[N+]([O-])OCC(CSC#Cc1ccccc1)O[N+](=O)[O-]. The van der Waals surface area contributed by atoms with E-state index in [1.54, 1.807) is 0 Å². The normalized spacial score (nSPS) is 11.2. The fourth-order valence-electron chi connectivity index (χ4n) is 1.93. The van der Waals surface area contributed by atoms with Crippen molar-refractivity contribution in [2.75, 3.05) is 30.5 Å². The smallest absolute Gasteiger partial charge is 0.294 e. The standard InChI is InChI=1S/C11H10N2O6S.C7H12N2O7S/c14-12(15)18-8-11(19-13(16)17)9-20-7-6-10-4-2-1-3-5-10;1-6(10)2-3-17-5-7(16-9(13)14)4-15-8(11)12/h1-5,11H,8-9H2;7H,2-5H2,1H3. The molecule has 0 fully saturated rings. The zero-order valence-corrected chi connectivity index (χ0v) is 20.8. The van der Waals surface area contributed by atoms with Crippen LogP contribution < -0.4 is 0 Å². The molecule has 0 aliphatic carbocycles. The van der Waals surface area contributed by atoms with E-state index in [9.17, 15) is 45.3 Å². The summed E-state index contributed by atoms with van der Waals surface area (Å²) in [5.74, 6) is 3.53. The third-order valence-electron chi connectivity index (χ3n) is 3.41. The highest BCUT2D eigenvalue weighted by atomic mass is 32.2. The lowest BCUT2D eigenvalue weighted by Gasteiger charge is -2.12. The van der Waals surface area contributed by atoms with Crippen molar-refractivity contribution in [2.24, 2.45) is 0 Å². The molecule has 0 aromatic heterocycles. The first-order valence-corrected chi connectivity index (χ1v) is 12.1. The van der Waals surface area contributed by atoms with Gasteiger partial charge in [-0.1, -0.05) is 35.9 Å². The van der Waals surface area contributed by atoms with Crippen molar-refractivity contribution in [1.82, 2.24) is 0 Å². The average Bonchev–Trinajstić information content (AvgIpc) is 2.81. The molecule has 0 aliphatic rings.